The summed E-state index contributed by atoms with van der Waals surface area (Å²) in [6.45, 7) is 7.39. The molecule has 24 heavy (non-hydrogen) atoms. The monoisotopic (exact) mass is 327 g/mol. The van der Waals surface area contributed by atoms with Gasteiger partial charge in [0.05, 0.1) is 12.0 Å². The number of nitrogens with zero attached hydrogens (tertiary/aromatic N) is 5. The molecule has 3 heterocycles. The molecular formula is C18H25N5O. The van der Waals surface area contributed by atoms with Crippen LogP contribution in [-0.2, 0) is 11.8 Å². The average Bonchev–Trinajstić information content (AvgIpc) is 3.06. The van der Waals surface area contributed by atoms with Gasteiger partial charge in [-0.25, -0.2) is 4.98 Å². The predicted molar refractivity (Wildman–Crippen MR) is 92.4 cm³/mol. The van der Waals surface area contributed by atoms with Crippen LogP contribution in [0, 0.1) is 0 Å². The van der Waals surface area contributed by atoms with E-state index in [-0.39, 0.29) is 17.9 Å². The topological polar surface area (TPSA) is 54.3 Å². The largest absolute Gasteiger partial charge is 0.339 e. The van der Waals surface area contributed by atoms with Crippen LogP contribution < -0.4 is 0 Å². The molecule has 0 saturated carbocycles. The minimum absolute atomic E-state index is 0.147. The number of likely N-dealkylation sites (N-methyl/N-ethyl adjacent to an activating group) is 1. The Morgan fingerprint density at radius 3 is 2.83 bits per heavy atom. The van der Waals surface area contributed by atoms with Gasteiger partial charge < -0.3 is 9.47 Å². The van der Waals surface area contributed by atoms with Crippen LogP contribution in [0.5, 0.6) is 0 Å². The van der Waals surface area contributed by atoms with Crippen LogP contribution in [0.25, 0.3) is 0 Å². The zero-order valence-corrected chi connectivity index (χ0v) is 14.6. The first kappa shape index (κ1) is 16.6. The highest BCUT2D eigenvalue weighted by Crippen LogP contribution is 2.26. The third kappa shape index (κ3) is 3.19. The van der Waals surface area contributed by atoms with E-state index in [0.29, 0.717) is 6.54 Å². The van der Waals surface area contributed by atoms with Crippen molar-refractivity contribution < 1.29 is 4.79 Å². The third-order valence-electron chi connectivity index (χ3n) is 4.92. The Bertz CT molecular complexity index is 684. The molecule has 6 nitrogen and oxygen atoms in total. The fourth-order valence-electron chi connectivity index (χ4n) is 3.39. The van der Waals surface area contributed by atoms with Crippen LogP contribution >= 0.6 is 0 Å². The molecule has 0 aliphatic carbocycles. The fourth-order valence-corrected chi connectivity index (χ4v) is 3.39. The maximum atomic E-state index is 12.9. The third-order valence-corrected chi connectivity index (χ3v) is 4.92. The molecule has 0 unspecified atom stereocenters. The molecule has 0 radical (unpaired) electrons. The fraction of sp³-hybridized carbons (Fsp3) is 0.500. The number of amides is 1. The maximum Gasteiger partial charge on any atom is 0.229 e. The summed E-state index contributed by atoms with van der Waals surface area (Å²) in [4.78, 5) is 26.0. The number of aryl methyl sites for hydroxylation is 1. The van der Waals surface area contributed by atoms with Crippen molar-refractivity contribution >= 4 is 5.91 Å². The normalized spacial score (nSPS) is 20.1. The molecule has 128 valence electrons. The van der Waals surface area contributed by atoms with E-state index in [1.807, 2.05) is 48.0 Å². The van der Waals surface area contributed by atoms with E-state index >= 15 is 0 Å². The van der Waals surface area contributed by atoms with Crippen LogP contribution in [0.15, 0.2) is 36.9 Å². The number of hydrogen-bond donors (Lipinski definition) is 0. The number of aromatic nitrogens is 3. The van der Waals surface area contributed by atoms with E-state index in [0.717, 1.165) is 31.0 Å². The molecule has 1 aliphatic heterocycles. The summed E-state index contributed by atoms with van der Waals surface area (Å²) in [7, 11) is 2.01. The van der Waals surface area contributed by atoms with Crippen LogP contribution in [0.4, 0.5) is 0 Å². The van der Waals surface area contributed by atoms with Gasteiger partial charge in [0, 0.05) is 51.5 Å². The van der Waals surface area contributed by atoms with E-state index in [1.165, 1.54) is 0 Å². The van der Waals surface area contributed by atoms with Crippen molar-refractivity contribution in [3.05, 3.63) is 48.3 Å². The molecule has 1 aliphatic rings. The highest BCUT2D eigenvalue weighted by molar-refractivity contribution is 5.83. The zero-order valence-electron chi connectivity index (χ0n) is 14.6. The van der Waals surface area contributed by atoms with Crippen LogP contribution in [0.1, 0.15) is 37.2 Å². The molecule has 6 heteroatoms. The van der Waals surface area contributed by atoms with E-state index in [2.05, 4.69) is 21.8 Å². The van der Waals surface area contributed by atoms with Gasteiger partial charge in [-0.05, 0) is 25.1 Å². The minimum Gasteiger partial charge on any atom is -0.339 e. The first-order valence-electron chi connectivity index (χ1n) is 8.51. The van der Waals surface area contributed by atoms with Gasteiger partial charge in [-0.1, -0.05) is 13.0 Å². The average molecular weight is 327 g/mol. The Balaban J connectivity index is 1.77. The number of imidazole rings is 1. The SMILES string of the molecule is CCN1CCN(C(=O)[C@@H](C)c2cccnc2)C[C@@H]1c1nccn1C. The Labute approximate surface area is 143 Å². The van der Waals surface area contributed by atoms with E-state index in [9.17, 15) is 4.79 Å². The Morgan fingerprint density at radius 2 is 2.21 bits per heavy atom. The smallest absolute Gasteiger partial charge is 0.229 e. The van der Waals surface area contributed by atoms with Crippen LogP contribution in [0.3, 0.4) is 0 Å². The first-order chi connectivity index (χ1) is 11.6. The molecule has 0 aromatic carbocycles. The molecule has 0 bridgehead atoms. The van der Waals surface area contributed by atoms with Gasteiger partial charge >= 0.3 is 0 Å². The first-order valence-corrected chi connectivity index (χ1v) is 8.51. The Kier molecular flexibility index (Phi) is 4.94. The van der Waals surface area contributed by atoms with Gasteiger partial charge in [-0.2, -0.15) is 0 Å². The highest BCUT2D eigenvalue weighted by Gasteiger charge is 2.33. The van der Waals surface area contributed by atoms with Gasteiger partial charge in [-0.3, -0.25) is 14.7 Å². The lowest BCUT2D eigenvalue weighted by molar-refractivity contribution is -0.135. The van der Waals surface area contributed by atoms with Crippen molar-refractivity contribution in [2.24, 2.45) is 7.05 Å². The summed E-state index contributed by atoms with van der Waals surface area (Å²) in [6.07, 6.45) is 7.29. The number of carbonyl (C=O) groups is 1. The zero-order chi connectivity index (χ0) is 17.1. The molecule has 3 rings (SSSR count). The maximum absolute atomic E-state index is 12.9. The highest BCUT2D eigenvalue weighted by atomic mass is 16.2. The molecule has 2 atom stereocenters. The van der Waals surface area contributed by atoms with Gasteiger partial charge in [0.25, 0.3) is 0 Å². The summed E-state index contributed by atoms with van der Waals surface area (Å²) < 4.78 is 2.05. The second-order valence-corrected chi connectivity index (χ2v) is 6.33. The lowest BCUT2D eigenvalue weighted by atomic mass is 10.0. The van der Waals surface area contributed by atoms with Crippen LogP contribution in [-0.4, -0.2) is 56.4 Å². The number of rotatable bonds is 4. The summed E-state index contributed by atoms with van der Waals surface area (Å²) in [6, 6.07) is 3.99. The summed E-state index contributed by atoms with van der Waals surface area (Å²) in [5.74, 6) is 1.01. The molecule has 1 amide bonds. The number of carbonyl (C=O) groups excluding carboxylic acids is 1. The quantitative estimate of drug-likeness (QED) is 0.860. The van der Waals surface area contributed by atoms with Crippen molar-refractivity contribution in [1.82, 2.24) is 24.3 Å². The second kappa shape index (κ2) is 7.13. The number of piperazine rings is 1. The molecule has 0 N–H and O–H groups in total. The Hall–Kier alpha value is -2.21. The lowest BCUT2D eigenvalue weighted by Gasteiger charge is -2.41. The van der Waals surface area contributed by atoms with Crippen molar-refractivity contribution in [1.29, 1.82) is 0 Å². The van der Waals surface area contributed by atoms with Gasteiger partial charge in [0.15, 0.2) is 0 Å². The molecule has 2 aromatic heterocycles. The second-order valence-electron chi connectivity index (χ2n) is 6.33. The van der Waals surface area contributed by atoms with Crippen molar-refractivity contribution in [3.63, 3.8) is 0 Å². The molecule has 0 spiro atoms. The van der Waals surface area contributed by atoms with E-state index in [4.69, 9.17) is 0 Å². The van der Waals surface area contributed by atoms with Gasteiger partial charge in [-0.15, -0.1) is 0 Å². The van der Waals surface area contributed by atoms with Crippen molar-refractivity contribution in [3.8, 4) is 0 Å². The molecule has 1 fully saturated rings. The van der Waals surface area contributed by atoms with Gasteiger partial charge in [0.2, 0.25) is 5.91 Å². The summed E-state index contributed by atoms with van der Waals surface area (Å²) in [5, 5.41) is 0. The molecule has 2 aromatic rings. The van der Waals surface area contributed by atoms with Crippen molar-refractivity contribution in [2.75, 3.05) is 26.2 Å². The van der Waals surface area contributed by atoms with E-state index in [1.54, 1.807) is 12.4 Å². The summed E-state index contributed by atoms with van der Waals surface area (Å²) >= 11 is 0. The van der Waals surface area contributed by atoms with Crippen molar-refractivity contribution in [2.45, 2.75) is 25.8 Å². The van der Waals surface area contributed by atoms with Gasteiger partial charge in [0.1, 0.15) is 5.82 Å². The van der Waals surface area contributed by atoms with Crippen LogP contribution in [0.2, 0.25) is 0 Å². The molecular weight excluding hydrogens is 302 g/mol. The number of pyridine rings is 1. The minimum atomic E-state index is -0.172. The molecule has 1 saturated heterocycles. The number of hydrogen-bond acceptors (Lipinski definition) is 4. The Morgan fingerprint density at radius 1 is 1.38 bits per heavy atom. The lowest BCUT2D eigenvalue weighted by Crippen LogP contribution is -2.51. The standard InChI is InChI=1S/C18H25N5O/c1-4-22-10-11-23(13-16(22)17-20-8-9-21(17)3)18(24)14(2)15-6-5-7-19-12-15/h5-9,12,14,16H,4,10-11,13H2,1-3H3/t14-,16+/m0/s1. The van der Waals surface area contributed by atoms with E-state index < -0.39 is 0 Å². The predicted octanol–water partition coefficient (Wildman–Crippen LogP) is 1.82. The summed E-state index contributed by atoms with van der Waals surface area (Å²) in [5.41, 5.74) is 0.967.